The van der Waals surface area contributed by atoms with Gasteiger partial charge in [0.05, 0.1) is 6.20 Å². The molecule has 1 saturated carbocycles. The highest BCUT2D eigenvalue weighted by Gasteiger charge is 2.33. The molecule has 1 aromatic heterocycles. The van der Waals surface area contributed by atoms with Crippen LogP contribution in [-0.2, 0) is 4.79 Å². The maximum atomic E-state index is 13.2. The minimum absolute atomic E-state index is 0.0269. The molecule has 0 unspecified atom stereocenters. The van der Waals surface area contributed by atoms with Gasteiger partial charge in [0.2, 0.25) is 11.9 Å². The Balaban J connectivity index is 1.36. The maximum absolute atomic E-state index is 13.2. The van der Waals surface area contributed by atoms with Crippen molar-refractivity contribution in [3.8, 4) is 5.75 Å². The van der Waals surface area contributed by atoms with Gasteiger partial charge in [0.15, 0.2) is 23.3 Å². The van der Waals surface area contributed by atoms with E-state index in [1.54, 1.807) is 25.1 Å². The van der Waals surface area contributed by atoms with Gasteiger partial charge >= 0.3 is 0 Å². The summed E-state index contributed by atoms with van der Waals surface area (Å²) in [6, 6.07) is 1.35. The lowest BCUT2D eigenvalue weighted by atomic mass is 9.89. The van der Waals surface area contributed by atoms with Crippen LogP contribution < -0.4 is 20.3 Å². The average molecular weight is 393 g/mol. The summed E-state index contributed by atoms with van der Waals surface area (Å²) in [5.74, 6) is -3.21. The second-order valence-electron chi connectivity index (χ2n) is 6.96. The Hall–Kier alpha value is -3.04. The molecule has 1 aliphatic carbocycles. The predicted molar refractivity (Wildman–Crippen MR) is 95.9 cm³/mol. The predicted octanol–water partition coefficient (Wildman–Crippen LogP) is 2.69. The Morgan fingerprint density at radius 2 is 1.93 bits per heavy atom. The second-order valence-corrected chi connectivity index (χ2v) is 6.96. The van der Waals surface area contributed by atoms with Crippen LogP contribution in [0, 0.1) is 17.5 Å². The number of carbonyl (C=O) groups is 1. The molecule has 1 fully saturated rings. The molecule has 0 bridgehead atoms. The lowest BCUT2D eigenvalue weighted by molar-refractivity contribution is -0.117. The summed E-state index contributed by atoms with van der Waals surface area (Å²) in [7, 11) is 1.78. The number of halogens is 3. The number of nitrogens with one attached hydrogen (secondary N) is 2. The topological polar surface area (TPSA) is 79.4 Å². The molecule has 1 atom stereocenters. The van der Waals surface area contributed by atoms with Crippen LogP contribution in [0.15, 0.2) is 18.3 Å². The van der Waals surface area contributed by atoms with Gasteiger partial charge in [0.25, 0.3) is 0 Å². The van der Waals surface area contributed by atoms with E-state index in [1.165, 1.54) is 0 Å². The second kappa shape index (κ2) is 6.84. The van der Waals surface area contributed by atoms with Crippen LogP contribution in [0.3, 0.4) is 0 Å². The summed E-state index contributed by atoms with van der Waals surface area (Å²) in [5, 5.41) is 5.93. The number of likely N-dealkylation sites (N-methyl/N-ethyl adjacent to an activating group) is 1. The van der Waals surface area contributed by atoms with Gasteiger partial charge in [-0.3, -0.25) is 4.79 Å². The smallest absolute Gasteiger partial charge is 0.246 e. The van der Waals surface area contributed by atoms with Crippen molar-refractivity contribution in [3.05, 3.63) is 35.8 Å². The number of hydrogen-bond donors (Lipinski definition) is 2. The Labute approximate surface area is 158 Å². The average Bonchev–Trinajstić information content (AvgIpc) is 2.63. The monoisotopic (exact) mass is 393 g/mol. The summed E-state index contributed by atoms with van der Waals surface area (Å²) in [6.45, 7) is 1.78. The van der Waals surface area contributed by atoms with Gasteiger partial charge in [0.1, 0.15) is 23.6 Å². The van der Waals surface area contributed by atoms with E-state index >= 15 is 0 Å². The number of ether oxygens (including phenoxy) is 1. The molecule has 7 nitrogen and oxygen atoms in total. The van der Waals surface area contributed by atoms with E-state index in [0.29, 0.717) is 30.3 Å². The molecule has 0 spiro atoms. The van der Waals surface area contributed by atoms with E-state index in [4.69, 9.17) is 4.74 Å². The van der Waals surface area contributed by atoms with Crippen molar-refractivity contribution >= 4 is 23.4 Å². The van der Waals surface area contributed by atoms with Crippen LogP contribution in [0.1, 0.15) is 19.8 Å². The van der Waals surface area contributed by atoms with Crippen LogP contribution in [-0.4, -0.2) is 41.1 Å². The normalized spacial score (nSPS) is 23.5. The van der Waals surface area contributed by atoms with E-state index in [9.17, 15) is 18.0 Å². The van der Waals surface area contributed by atoms with Crippen molar-refractivity contribution in [1.82, 2.24) is 9.97 Å². The van der Waals surface area contributed by atoms with E-state index < -0.39 is 17.5 Å². The standard InChI is InChI=1S/C18H18F3N5O2/c1-8-17(27)24-14-7-22-18(25-16(14)26(8)2)23-9-3-10(4-9)28-11-5-12(19)15(21)13(20)6-11/h5-10H,3-4H2,1-2H3,(H,24,27)(H,22,23,25)/t8-,9-,10-/m0/s1. The highest BCUT2D eigenvalue weighted by Crippen LogP contribution is 2.32. The lowest BCUT2D eigenvalue weighted by Crippen LogP contribution is -2.45. The largest absolute Gasteiger partial charge is 0.490 e. The zero-order valence-corrected chi connectivity index (χ0v) is 15.2. The fraction of sp³-hybridized carbons (Fsp3) is 0.389. The zero-order chi connectivity index (χ0) is 20.0. The number of fused-ring (bicyclic) bond motifs is 1. The van der Waals surface area contributed by atoms with Crippen molar-refractivity contribution < 1.29 is 22.7 Å². The number of anilines is 3. The fourth-order valence-electron chi connectivity index (χ4n) is 3.15. The number of hydrogen-bond acceptors (Lipinski definition) is 6. The Bertz CT molecular complexity index is 912. The van der Waals surface area contributed by atoms with E-state index in [0.717, 1.165) is 12.1 Å². The van der Waals surface area contributed by atoms with Gasteiger partial charge in [-0.05, 0) is 6.92 Å². The SMILES string of the molecule is C[C@H]1C(=O)Nc2cnc(N[C@H]3C[C@H](Oc4cc(F)c(F)c(F)c4)C3)nc2N1C. The van der Waals surface area contributed by atoms with E-state index in [1.807, 2.05) is 0 Å². The summed E-state index contributed by atoms with van der Waals surface area (Å²) < 4.78 is 45.0. The van der Waals surface area contributed by atoms with Gasteiger partial charge in [0, 0.05) is 38.1 Å². The minimum Gasteiger partial charge on any atom is -0.490 e. The molecule has 148 valence electrons. The number of aromatic nitrogens is 2. The quantitative estimate of drug-likeness (QED) is 0.778. The molecule has 2 N–H and O–H groups in total. The summed E-state index contributed by atoms with van der Waals surface area (Å²) >= 11 is 0. The Morgan fingerprint density at radius 1 is 1.25 bits per heavy atom. The van der Waals surface area contributed by atoms with Crippen LogP contribution in [0.5, 0.6) is 5.75 Å². The van der Waals surface area contributed by atoms with Gasteiger partial charge in [-0.25, -0.2) is 18.2 Å². The summed E-state index contributed by atoms with van der Waals surface area (Å²) in [4.78, 5) is 22.3. The molecule has 1 aromatic carbocycles. The molecule has 2 aromatic rings. The fourth-order valence-corrected chi connectivity index (χ4v) is 3.15. The van der Waals surface area contributed by atoms with E-state index in [-0.39, 0.29) is 29.8 Å². The molecular formula is C18H18F3N5O2. The van der Waals surface area contributed by atoms with Crippen molar-refractivity contribution in [2.75, 3.05) is 22.6 Å². The molecule has 1 amide bonds. The number of amides is 1. The van der Waals surface area contributed by atoms with Crippen LogP contribution >= 0.6 is 0 Å². The molecule has 4 rings (SSSR count). The summed E-state index contributed by atoms with van der Waals surface area (Å²) in [5.41, 5.74) is 0.548. The molecule has 1 aliphatic heterocycles. The number of nitrogens with zero attached hydrogens (tertiary/aromatic N) is 3. The first-order valence-electron chi connectivity index (χ1n) is 8.80. The third-order valence-corrected chi connectivity index (χ3v) is 5.01. The third-order valence-electron chi connectivity index (χ3n) is 5.01. The van der Waals surface area contributed by atoms with Gasteiger partial charge in [-0.1, -0.05) is 0 Å². The maximum Gasteiger partial charge on any atom is 0.246 e. The van der Waals surface area contributed by atoms with Gasteiger partial charge in [-0.2, -0.15) is 4.98 Å². The lowest BCUT2D eigenvalue weighted by Gasteiger charge is -2.36. The Kier molecular flexibility index (Phi) is 4.48. The molecule has 0 saturated heterocycles. The third kappa shape index (κ3) is 3.30. The highest BCUT2D eigenvalue weighted by atomic mass is 19.2. The van der Waals surface area contributed by atoms with Crippen molar-refractivity contribution in [1.29, 1.82) is 0 Å². The zero-order valence-electron chi connectivity index (χ0n) is 15.2. The number of carbonyl (C=O) groups excluding carboxylic acids is 1. The highest BCUT2D eigenvalue weighted by molar-refractivity contribution is 6.02. The molecule has 28 heavy (non-hydrogen) atoms. The van der Waals surface area contributed by atoms with Gasteiger partial charge in [-0.15, -0.1) is 0 Å². The van der Waals surface area contributed by atoms with Crippen LogP contribution in [0.4, 0.5) is 30.6 Å². The first-order valence-corrected chi connectivity index (χ1v) is 8.80. The molecule has 2 aliphatic rings. The molecular weight excluding hydrogens is 375 g/mol. The number of benzene rings is 1. The minimum atomic E-state index is -1.51. The summed E-state index contributed by atoms with van der Waals surface area (Å²) in [6.07, 6.45) is 2.44. The van der Waals surface area contributed by atoms with Crippen molar-refractivity contribution in [3.63, 3.8) is 0 Å². The van der Waals surface area contributed by atoms with Crippen molar-refractivity contribution in [2.45, 2.75) is 38.0 Å². The van der Waals surface area contributed by atoms with Crippen LogP contribution in [0.2, 0.25) is 0 Å². The van der Waals surface area contributed by atoms with Crippen LogP contribution in [0.25, 0.3) is 0 Å². The number of rotatable bonds is 4. The van der Waals surface area contributed by atoms with Crippen molar-refractivity contribution in [2.24, 2.45) is 0 Å². The van der Waals surface area contributed by atoms with Gasteiger partial charge < -0.3 is 20.3 Å². The molecule has 0 radical (unpaired) electrons. The Morgan fingerprint density at radius 3 is 2.61 bits per heavy atom. The first-order chi connectivity index (χ1) is 13.3. The van der Waals surface area contributed by atoms with E-state index in [2.05, 4.69) is 20.6 Å². The molecule has 2 heterocycles. The first kappa shape index (κ1) is 18.3. The molecule has 10 heteroatoms.